The Morgan fingerprint density at radius 3 is 2.56 bits per heavy atom. The summed E-state index contributed by atoms with van der Waals surface area (Å²) in [6, 6.07) is 23.3. The van der Waals surface area contributed by atoms with Crippen molar-refractivity contribution in [2.24, 2.45) is 0 Å². The number of benzene rings is 3. The second-order valence-corrected chi connectivity index (χ2v) is 6.34. The maximum Gasteiger partial charge on any atom is 0.255 e. The smallest absolute Gasteiger partial charge is 0.255 e. The number of nitrogens with zero attached hydrogens (tertiary/aromatic N) is 1. The molecular weight excluding hydrogens is 334 g/mol. The molecule has 0 saturated heterocycles. The van der Waals surface area contributed by atoms with Crippen molar-refractivity contribution in [3.8, 4) is 0 Å². The van der Waals surface area contributed by atoms with Crippen LogP contribution in [0.5, 0.6) is 0 Å². The monoisotopic (exact) mass is 353 g/mol. The van der Waals surface area contributed by atoms with Gasteiger partial charge in [0, 0.05) is 16.6 Å². The van der Waals surface area contributed by atoms with E-state index in [1.54, 1.807) is 0 Å². The number of aromatic nitrogens is 2. The first kappa shape index (κ1) is 16.8. The molecule has 1 heterocycles. The van der Waals surface area contributed by atoms with Gasteiger partial charge in [-0.15, -0.1) is 0 Å². The van der Waals surface area contributed by atoms with Crippen molar-refractivity contribution in [2.45, 2.75) is 6.92 Å². The van der Waals surface area contributed by atoms with Gasteiger partial charge < -0.3 is 5.32 Å². The van der Waals surface area contributed by atoms with Crippen LogP contribution in [-0.4, -0.2) is 16.1 Å². The summed E-state index contributed by atoms with van der Waals surface area (Å²) in [5.41, 5.74) is 5.18. The fourth-order valence-electron chi connectivity index (χ4n) is 3.05. The number of amides is 1. The Bertz CT molecular complexity index is 1140. The van der Waals surface area contributed by atoms with Crippen LogP contribution in [0.15, 0.2) is 72.8 Å². The highest BCUT2D eigenvalue weighted by atomic mass is 16.1. The number of aromatic amines is 1. The molecule has 132 valence electrons. The standard InChI is InChI=1S/C23H19N3O/c1-16-8-2-4-10-18(16)23(27)24-20-12-6-3-9-17(20)14-15-22-19-11-5-7-13-21(19)25-26-22/h2-15H,1H3,(H,24,27)(H,25,26). The minimum absolute atomic E-state index is 0.112. The van der Waals surface area contributed by atoms with Crippen LogP contribution in [0, 0.1) is 6.92 Å². The van der Waals surface area contributed by atoms with E-state index in [0.29, 0.717) is 5.56 Å². The zero-order valence-corrected chi connectivity index (χ0v) is 14.9. The van der Waals surface area contributed by atoms with E-state index in [9.17, 15) is 4.79 Å². The second kappa shape index (κ2) is 7.30. The van der Waals surface area contributed by atoms with Crippen molar-refractivity contribution in [3.63, 3.8) is 0 Å². The van der Waals surface area contributed by atoms with Crippen molar-refractivity contribution in [1.82, 2.24) is 10.2 Å². The lowest BCUT2D eigenvalue weighted by atomic mass is 10.1. The van der Waals surface area contributed by atoms with Crippen LogP contribution in [0.2, 0.25) is 0 Å². The fraction of sp³-hybridized carbons (Fsp3) is 0.0435. The number of H-pyrrole nitrogens is 1. The predicted octanol–water partition coefficient (Wildman–Crippen LogP) is 5.29. The van der Waals surface area contributed by atoms with Gasteiger partial charge in [-0.3, -0.25) is 9.89 Å². The molecule has 2 N–H and O–H groups in total. The number of hydrogen-bond donors (Lipinski definition) is 2. The Kier molecular flexibility index (Phi) is 4.54. The maximum absolute atomic E-state index is 12.6. The van der Waals surface area contributed by atoms with E-state index in [1.807, 2.05) is 91.9 Å². The summed E-state index contributed by atoms with van der Waals surface area (Å²) in [5, 5.41) is 11.5. The van der Waals surface area contributed by atoms with Crippen LogP contribution >= 0.6 is 0 Å². The number of carbonyl (C=O) groups excluding carboxylic acids is 1. The Morgan fingerprint density at radius 2 is 1.67 bits per heavy atom. The third kappa shape index (κ3) is 3.51. The molecule has 0 aliphatic rings. The highest BCUT2D eigenvalue weighted by molar-refractivity contribution is 6.06. The quantitative estimate of drug-likeness (QED) is 0.523. The molecule has 0 aliphatic carbocycles. The molecule has 1 aromatic heterocycles. The molecule has 3 aromatic carbocycles. The highest BCUT2D eigenvalue weighted by Crippen LogP contribution is 2.22. The van der Waals surface area contributed by atoms with E-state index in [0.717, 1.165) is 33.4 Å². The van der Waals surface area contributed by atoms with E-state index in [1.165, 1.54) is 0 Å². The van der Waals surface area contributed by atoms with Gasteiger partial charge in [-0.1, -0.05) is 60.7 Å². The third-order valence-corrected chi connectivity index (χ3v) is 4.52. The Labute approximate surface area is 157 Å². The van der Waals surface area contributed by atoms with E-state index >= 15 is 0 Å². The zero-order valence-electron chi connectivity index (χ0n) is 14.9. The lowest BCUT2D eigenvalue weighted by molar-refractivity contribution is 0.102. The maximum atomic E-state index is 12.6. The van der Waals surface area contributed by atoms with Crippen LogP contribution in [0.3, 0.4) is 0 Å². The number of anilines is 1. The highest BCUT2D eigenvalue weighted by Gasteiger charge is 2.10. The van der Waals surface area contributed by atoms with Crippen LogP contribution in [-0.2, 0) is 0 Å². The lowest BCUT2D eigenvalue weighted by Gasteiger charge is -2.10. The molecule has 1 amide bonds. The van der Waals surface area contributed by atoms with Gasteiger partial charge in [0.05, 0.1) is 11.2 Å². The minimum Gasteiger partial charge on any atom is -0.321 e. The van der Waals surface area contributed by atoms with E-state index in [-0.39, 0.29) is 5.91 Å². The number of nitrogens with one attached hydrogen (secondary N) is 2. The number of hydrogen-bond acceptors (Lipinski definition) is 2. The summed E-state index contributed by atoms with van der Waals surface area (Å²) >= 11 is 0. The first-order valence-corrected chi connectivity index (χ1v) is 8.79. The van der Waals surface area contributed by atoms with Crippen LogP contribution in [0.1, 0.15) is 27.2 Å². The Hall–Kier alpha value is -3.66. The first-order valence-electron chi connectivity index (χ1n) is 8.79. The van der Waals surface area contributed by atoms with Gasteiger partial charge in [0.25, 0.3) is 5.91 Å². The number of fused-ring (bicyclic) bond motifs is 1. The summed E-state index contributed by atoms with van der Waals surface area (Å²) < 4.78 is 0. The Balaban J connectivity index is 1.62. The predicted molar refractivity (Wildman–Crippen MR) is 111 cm³/mol. The first-order chi connectivity index (χ1) is 13.2. The van der Waals surface area contributed by atoms with Gasteiger partial charge in [-0.25, -0.2) is 0 Å². The van der Waals surface area contributed by atoms with Gasteiger partial charge in [0.2, 0.25) is 0 Å². The average molecular weight is 353 g/mol. The van der Waals surface area contributed by atoms with Crippen molar-refractivity contribution in [2.75, 3.05) is 5.32 Å². The largest absolute Gasteiger partial charge is 0.321 e. The number of para-hydroxylation sites is 2. The fourth-order valence-corrected chi connectivity index (χ4v) is 3.05. The SMILES string of the molecule is Cc1ccccc1C(=O)Nc1ccccc1C=Cc1n[nH]c2ccccc12. The van der Waals surface area contributed by atoms with Gasteiger partial charge in [-0.05, 0) is 42.3 Å². The van der Waals surface area contributed by atoms with Crippen molar-refractivity contribution >= 4 is 34.6 Å². The molecule has 0 saturated carbocycles. The average Bonchev–Trinajstić information content (AvgIpc) is 3.11. The summed E-state index contributed by atoms with van der Waals surface area (Å²) in [7, 11) is 0. The molecule has 0 fully saturated rings. The van der Waals surface area contributed by atoms with Gasteiger partial charge in [0.1, 0.15) is 0 Å². The van der Waals surface area contributed by atoms with Crippen LogP contribution in [0.25, 0.3) is 23.1 Å². The van der Waals surface area contributed by atoms with E-state index in [2.05, 4.69) is 15.5 Å². The van der Waals surface area contributed by atoms with Gasteiger partial charge in [-0.2, -0.15) is 5.10 Å². The molecule has 0 aliphatic heterocycles. The molecular formula is C23H19N3O. The third-order valence-electron chi connectivity index (χ3n) is 4.52. The summed E-state index contributed by atoms with van der Waals surface area (Å²) in [6.45, 7) is 1.93. The van der Waals surface area contributed by atoms with Gasteiger partial charge in [0.15, 0.2) is 0 Å². The number of aryl methyl sites for hydroxylation is 1. The van der Waals surface area contributed by atoms with Crippen molar-refractivity contribution in [3.05, 3.63) is 95.2 Å². The van der Waals surface area contributed by atoms with E-state index in [4.69, 9.17) is 0 Å². The van der Waals surface area contributed by atoms with Crippen LogP contribution in [0.4, 0.5) is 5.69 Å². The van der Waals surface area contributed by atoms with Crippen LogP contribution < -0.4 is 5.32 Å². The van der Waals surface area contributed by atoms with Gasteiger partial charge >= 0.3 is 0 Å². The summed E-state index contributed by atoms with van der Waals surface area (Å²) in [5.74, 6) is -0.112. The molecule has 4 nitrogen and oxygen atoms in total. The molecule has 0 bridgehead atoms. The lowest BCUT2D eigenvalue weighted by Crippen LogP contribution is -2.13. The number of rotatable bonds is 4. The molecule has 0 unspecified atom stereocenters. The summed E-state index contributed by atoms with van der Waals surface area (Å²) in [4.78, 5) is 12.6. The topological polar surface area (TPSA) is 57.8 Å². The molecule has 0 atom stereocenters. The van der Waals surface area contributed by atoms with Crippen molar-refractivity contribution in [1.29, 1.82) is 0 Å². The molecule has 4 heteroatoms. The molecule has 4 aromatic rings. The molecule has 0 spiro atoms. The van der Waals surface area contributed by atoms with E-state index < -0.39 is 0 Å². The Morgan fingerprint density at radius 1 is 0.926 bits per heavy atom. The number of carbonyl (C=O) groups is 1. The summed E-state index contributed by atoms with van der Waals surface area (Å²) in [6.07, 6.45) is 3.92. The second-order valence-electron chi connectivity index (χ2n) is 6.34. The normalized spacial score (nSPS) is 11.1. The molecule has 4 rings (SSSR count). The minimum atomic E-state index is -0.112. The van der Waals surface area contributed by atoms with Crippen molar-refractivity contribution < 1.29 is 4.79 Å². The zero-order chi connectivity index (χ0) is 18.6. The molecule has 0 radical (unpaired) electrons. The molecule has 27 heavy (non-hydrogen) atoms.